The summed E-state index contributed by atoms with van der Waals surface area (Å²) in [4.78, 5) is 24.9. The minimum atomic E-state index is -4.82. The summed E-state index contributed by atoms with van der Waals surface area (Å²) in [5.74, 6) is -0.495. The summed E-state index contributed by atoms with van der Waals surface area (Å²) in [5, 5.41) is 2.75. The van der Waals surface area contributed by atoms with Gasteiger partial charge < -0.3 is 5.32 Å². The van der Waals surface area contributed by atoms with Gasteiger partial charge in [0.15, 0.2) is 5.78 Å². The first-order chi connectivity index (χ1) is 14.4. The third-order valence-electron chi connectivity index (χ3n) is 4.62. The standard InChI is InChI=1S/C21H16Cl2F3NO3S/c1-11-4-12(2-3-17(11)20(29)27-16-9-31(30)10-16)19(28)8-18(21(24,25)26)13-5-14(22)7-15(23)6-13/h2-8,16H,9-10H2,1H3,(H,27,29)/b18-8+. The maximum Gasteiger partial charge on any atom is 0.417 e. The minimum absolute atomic E-state index is 0.00586. The second kappa shape index (κ2) is 9.14. The molecule has 2 aromatic carbocycles. The van der Waals surface area contributed by atoms with Gasteiger partial charge in [0.1, 0.15) is 0 Å². The van der Waals surface area contributed by atoms with Gasteiger partial charge in [-0.3, -0.25) is 13.8 Å². The normalized spacial score (nSPS) is 19.0. The second-order valence-electron chi connectivity index (χ2n) is 7.05. The molecule has 1 saturated heterocycles. The molecule has 1 amide bonds. The Bertz CT molecular complexity index is 1090. The molecule has 10 heteroatoms. The fourth-order valence-electron chi connectivity index (χ4n) is 3.07. The number of aryl methyl sites for hydroxylation is 1. The van der Waals surface area contributed by atoms with Crippen LogP contribution in [-0.2, 0) is 10.8 Å². The van der Waals surface area contributed by atoms with Crippen molar-refractivity contribution in [3.63, 3.8) is 0 Å². The number of halogens is 5. The third-order valence-corrected chi connectivity index (χ3v) is 6.60. The van der Waals surface area contributed by atoms with E-state index in [1.54, 1.807) is 6.92 Å². The first-order valence-corrected chi connectivity index (χ1v) is 11.2. The summed E-state index contributed by atoms with van der Waals surface area (Å²) in [5.41, 5.74) is -0.801. The van der Waals surface area contributed by atoms with Crippen LogP contribution in [0.4, 0.5) is 13.2 Å². The topological polar surface area (TPSA) is 63.2 Å². The number of ketones is 1. The van der Waals surface area contributed by atoms with Crippen molar-refractivity contribution in [3.05, 3.63) is 74.8 Å². The van der Waals surface area contributed by atoms with Crippen LogP contribution in [0, 0.1) is 6.92 Å². The lowest BCUT2D eigenvalue weighted by Crippen LogP contribution is -2.50. The predicted molar refractivity (Wildman–Crippen MR) is 115 cm³/mol. The maximum atomic E-state index is 13.6. The fourth-order valence-corrected chi connectivity index (χ4v) is 4.56. The van der Waals surface area contributed by atoms with Crippen LogP contribution in [-0.4, -0.2) is 39.6 Å². The number of hydrogen-bond acceptors (Lipinski definition) is 3. The first kappa shape index (κ1) is 23.5. The Morgan fingerprint density at radius 1 is 1.06 bits per heavy atom. The molecule has 3 rings (SSSR count). The lowest BCUT2D eigenvalue weighted by Gasteiger charge is -2.26. The van der Waals surface area contributed by atoms with Crippen molar-refractivity contribution in [2.24, 2.45) is 0 Å². The Kier molecular flexibility index (Phi) is 6.93. The quantitative estimate of drug-likeness (QED) is 0.475. The molecule has 4 nitrogen and oxygen atoms in total. The zero-order chi connectivity index (χ0) is 22.9. The molecule has 0 saturated carbocycles. The zero-order valence-corrected chi connectivity index (χ0v) is 18.4. The molecule has 0 aliphatic carbocycles. The molecule has 0 radical (unpaired) electrons. The van der Waals surface area contributed by atoms with Crippen molar-refractivity contribution in [1.82, 2.24) is 5.32 Å². The van der Waals surface area contributed by atoms with Crippen molar-refractivity contribution >= 4 is 51.3 Å². The van der Waals surface area contributed by atoms with Crippen LogP contribution in [0.2, 0.25) is 10.0 Å². The predicted octanol–water partition coefficient (Wildman–Crippen LogP) is 4.99. The number of carbonyl (C=O) groups excluding carboxylic acids is 2. The summed E-state index contributed by atoms with van der Waals surface area (Å²) < 4.78 is 51.9. The van der Waals surface area contributed by atoms with E-state index in [4.69, 9.17) is 23.2 Å². The third kappa shape index (κ3) is 5.75. The molecule has 0 bridgehead atoms. The van der Waals surface area contributed by atoms with Crippen LogP contribution in [0.25, 0.3) is 5.57 Å². The average Bonchev–Trinajstić information content (AvgIpc) is 2.62. The second-order valence-corrected chi connectivity index (χ2v) is 9.47. The van der Waals surface area contributed by atoms with E-state index in [0.29, 0.717) is 23.1 Å². The fraction of sp³-hybridized carbons (Fsp3) is 0.238. The highest BCUT2D eigenvalue weighted by Crippen LogP contribution is 2.36. The van der Waals surface area contributed by atoms with E-state index in [-0.39, 0.29) is 32.8 Å². The highest BCUT2D eigenvalue weighted by molar-refractivity contribution is 7.86. The van der Waals surface area contributed by atoms with Crippen LogP contribution in [0.5, 0.6) is 0 Å². The number of amides is 1. The largest absolute Gasteiger partial charge is 0.417 e. The van der Waals surface area contributed by atoms with E-state index in [1.165, 1.54) is 24.3 Å². The van der Waals surface area contributed by atoms with Crippen LogP contribution in [0.1, 0.15) is 31.8 Å². The molecule has 0 unspecified atom stereocenters. The first-order valence-electron chi connectivity index (χ1n) is 9.00. The van der Waals surface area contributed by atoms with E-state index in [9.17, 15) is 27.0 Å². The molecule has 0 aromatic heterocycles. The highest BCUT2D eigenvalue weighted by atomic mass is 35.5. The molecular formula is C21H16Cl2F3NO3S. The molecular weight excluding hydrogens is 474 g/mol. The van der Waals surface area contributed by atoms with Gasteiger partial charge in [0.25, 0.3) is 5.91 Å². The number of nitrogens with one attached hydrogen (secondary N) is 1. The van der Waals surface area contributed by atoms with Gasteiger partial charge in [-0.2, -0.15) is 13.2 Å². The van der Waals surface area contributed by atoms with Crippen molar-refractivity contribution in [1.29, 1.82) is 0 Å². The summed E-state index contributed by atoms with van der Waals surface area (Å²) in [7, 11) is -0.917. The molecule has 1 aliphatic heterocycles. The van der Waals surface area contributed by atoms with Gasteiger partial charge in [-0.25, -0.2) is 0 Å². The molecule has 1 aliphatic rings. The van der Waals surface area contributed by atoms with E-state index < -0.39 is 34.2 Å². The van der Waals surface area contributed by atoms with E-state index in [0.717, 1.165) is 12.1 Å². The Hall–Kier alpha value is -2.16. The monoisotopic (exact) mass is 489 g/mol. The molecule has 1 fully saturated rings. The Balaban J connectivity index is 1.88. The van der Waals surface area contributed by atoms with Crippen molar-refractivity contribution in [2.75, 3.05) is 11.5 Å². The highest BCUT2D eigenvalue weighted by Gasteiger charge is 2.36. The Labute approximate surface area is 188 Å². The zero-order valence-electron chi connectivity index (χ0n) is 16.1. The van der Waals surface area contributed by atoms with Crippen molar-refractivity contribution in [2.45, 2.75) is 19.1 Å². The average molecular weight is 490 g/mol. The van der Waals surface area contributed by atoms with Crippen LogP contribution < -0.4 is 5.32 Å². The molecule has 2 aromatic rings. The van der Waals surface area contributed by atoms with Gasteiger partial charge in [0, 0.05) is 43.5 Å². The van der Waals surface area contributed by atoms with E-state index >= 15 is 0 Å². The van der Waals surface area contributed by atoms with Gasteiger partial charge in [-0.1, -0.05) is 29.3 Å². The number of alkyl halides is 3. The van der Waals surface area contributed by atoms with Gasteiger partial charge >= 0.3 is 6.18 Å². The smallest absolute Gasteiger partial charge is 0.347 e. The van der Waals surface area contributed by atoms with Gasteiger partial charge in [0.05, 0.1) is 11.6 Å². The number of benzene rings is 2. The molecule has 0 spiro atoms. The summed E-state index contributed by atoms with van der Waals surface area (Å²) >= 11 is 11.6. The maximum absolute atomic E-state index is 13.6. The van der Waals surface area contributed by atoms with E-state index in [1.807, 2.05) is 0 Å². The minimum Gasteiger partial charge on any atom is -0.347 e. The number of allylic oxidation sites excluding steroid dienone is 2. The molecule has 1 N–H and O–H groups in total. The van der Waals surface area contributed by atoms with Crippen molar-refractivity contribution < 1.29 is 27.0 Å². The molecule has 164 valence electrons. The summed E-state index contributed by atoms with van der Waals surface area (Å²) in [6.45, 7) is 1.58. The molecule has 31 heavy (non-hydrogen) atoms. The lowest BCUT2D eigenvalue weighted by atomic mass is 9.98. The Morgan fingerprint density at radius 2 is 1.68 bits per heavy atom. The summed E-state index contributed by atoms with van der Waals surface area (Å²) in [6.07, 6.45) is -4.33. The molecule has 0 atom stereocenters. The Morgan fingerprint density at radius 3 is 2.19 bits per heavy atom. The number of rotatable bonds is 5. The van der Waals surface area contributed by atoms with Crippen LogP contribution >= 0.6 is 23.2 Å². The number of carbonyl (C=O) groups is 2. The van der Waals surface area contributed by atoms with Crippen molar-refractivity contribution in [3.8, 4) is 0 Å². The van der Waals surface area contributed by atoms with Gasteiger partial charge in [-0.05, 0) is 54.5 Å². The lowest BCUT2D eigenvalue weighted by molar-refractivity contribution is -0.0689. The molecule has 1 heterocycles. The van der Waals surface area contributed by atoms with E-state index in [2.05, 4.69) is 5.32 Å². The SMILES string of the molecule is Cc1cc(C(=O)/C=C(\c2cc(Cl)cc(Cl)c2)C(F)(F)F)ccc1C(=O)NC1CS(=O)C1. The summed E-state index contributed by atoms with van der Waals surface area (Å²) in [6, 6.07) is 7.29. The van der Waals surface area contributed by atoms with Crippen LogP contribution in [0.15, 0.2) is 42.5 Å². The van der Waals surface area contributed by atoms with Crippen LogP contribution in [0.3, 0.4) is 0 Å². The van der Waals surface area contributed by atoms with Gasteiger partial charge in [-0.15, -0.1) is 0 Å². The number of hydrogen-bond donors (Lipinski definition) is 1. The van der Waals surface area contributed by atoms with Gasteiger partial charge in [0.2, 0.25) is 0 Å².